The van der Waals surface area contributed by atoms with E-state index >= 15 is 0 Å². The van der Waals surface area contributed by atoms with Gasteiger partial charge in [-0.1, -0.05) is 61.9 Å². The van der Waals surface area contributed by atoms with Gasteiger partial charge in [-0.2, -0.15) is 20.0 Å². The summed E-state index contributed by atoms with van der Waals surface area (Å²) in [6, 6.07) is 30.9. The predicted octanol–water partition coefficient (Wildman–Crippen LogP) is 9.11. The van der Waals surface area contributed by atoms with Crippen LogP contribution in [0.15, 0.2) is 117 Å². The Morgan fingerprint density at radius 3 is 1.22 bits per heavy atom. The predicted molar refractivity (Wildman–Crippen MR) is 175 cm³/mol. The average Bonchev–Trinajstić information content (AvgIpc) is 3.27. The molecule has 8 heteroatoms. The summed E-state index contributed by atoms with van der Waals surface area (Å²) < 4.78 is 0. The second kappa shape index (κ2) is 14.9. The zero-order valence-corrected chi connectivity index (χ0v) is 25.4. The first-order valence-electron chi connectivity index (χ1n) is 15.2. The van der Waals surface area contributed by atoms with Gasteiger partial charge < -0.3 is 0 Å². The highest BCUT2D eigenvalue weighted by atomic mass is 16.1. The Morgan fingerprint density at radius 1 is 0.522 bits per heavy atom. The molecule has 228 valence electrons. The van der Waals surface area contributed by atoms with Crippen LogP contribution < -0.4 is 0 Å². The van der Waals surface area contributed by atoms with Crippen molar-refractivity contribution in [2.45, 2.75) is 50.9 Å². The Balaban J connectivity index is 1.51. The van der Waals surface area contributed by atoms with E-state index in [1.54, 1.807) is 24.3 Å². The first kappa shape index (κ1) is 31.8. The van der Waals surface area contributed by atoms with Crippen molar-refractivity contribution in [2.75, 3.05) is 0 Å². The minimum Gasteiger partial charge on any atom is -0.211 e. The molecule has 2 unspecified atom stereocenters. The zero-order chi connectivity index (χ0) is 32.4. The lowest BCUT2D eigenvalue weighted by Gasteiger charge is -2.38. The first-order chi connectivity index (χ1) is 22.5. The minimum absolute atomic E-state index is 0.0363. The summed E-state index contributed by atoms with van der Waals surface area (Å²) in [6.45, 7) is 2.35. The molecule has 2 atom stereocenters. The molecule has 0 aliphatic heterocycles. The second-order valence-electron chi connectivity index (χ2n) is 11.9. The fourth-order valence-corrected chi connectivity index (χ4v) is 7.11. The molecule has 5 rings (SSSR count). The fourth-order valence-electron chi connectivity index (χ4n) is 7.11. The van der Waals surface area contributed by atoms with Crippen molar-refractivity contribution in [3.05, 3.63) is 119 Å². The van der Waals surface area contributed by atoms with Gasteiger partial charge in [0, 0.05) is 11.8 Å². The molecule has 0 radical (unpaired) electrons. The molecule has 0 saturated heterocycles. The van der Waals surface area contributed by atoms with Crippen LogP contribution in [0.25, 0.3) is 0 Å². The van der Waals surface area contributed by atoms with E-state index in [4.69, 9.17) is 0 Å². The molecule has 1 saturated carbocycles. The highest BCUT2D eigenvalue weighted by molar-refractivity contribution is 5.54. The summed E-state index contributed by atoms with van der Waals surface area (Å²) in [6.07, 6.45) is 11.4. The van der Waals surface area contributed by atoms with Crippen LogP contribution in [-0.4, -0.2) is 24.3 Å². The van der Waals surface area contributed by atoms with E-state index in [1.165, 1.54) is 0 Å². The number of hydrogen-bond donors (Lipinski definition) is 0. The third kappa shape index (κ3) is 7.36. The summed E-state index contributed by atoms with van der Waals surface area (Å²) in [7, 11) is 0. The van der Waals surface area contributed by atoms with Crippen molar-refractivity contribution in [2.24, 2.45) is 31.3 Å². The molecule has 46 heavy (non-hydrogen) atoms. The maximum absolute atomic E-state index is 10.9. The first-order valence-corrected chi connectivity index (χ1v) is 15.2. The van der Waals surface area contributed by atoms with Crippen LogP contribution in [-0.2, 0) is 19.2 Å². The average molecular weight is 609 g/mol. The van der Waals surface area contributed by atoms with Crippen molar-refractivity contribution in [3.8, 4) is 0 Å². The van der Waals surface area contributed by atoms with Crippen molar-refractivity contribution in [1.29, 1.82) is 0 Å². The van der Waals surface area contributed by atoms with Gasteiger partial charge in [0.2, 0.25) is 24.3 Å². The van der Waals surface area contributed by atoms with E-state index in [0.29, 0.717) is 28.7 Å². The lowest BCUT2D eigenvalue weighted by molar-refractivity contribution is 0.234. The highest BCUT2D eigenvalue weighted by Crippen LogP contribution is 2.53. The molecular weight excluding hydrogens is 576 g/mol. The highest BCUT2D eigenvalue weighted by Gasteiger charge is 2.40. The minimum atomic E-state index is -0.116. The summed E-state index contributed by atoms with van der Waals surface area (Å²) >= 11 is 0. The molecule has 0 aromatic heterocycles. The lowest BCUT2D eigenvalue weighted by atomic mass is 9.65. The van der Waals surface area contributed by atoms with Gasteiger partial charge in [-0.3, -0.25) is 0 Å². The summed E-state index contributed by atoms with van der Waals surface area (Å²) in [4.78, 5) is 58.4. The van der Waals surface area contributed by atoms with Gasteiger partial charge in [-0.25, -0.2) is 19.2 Å². The van der Waals surface area contributed by atoms with Gasteiger partial charge in [-0.15, -0.1) is 0 Å². The van der Waals surface area contributed by atoms with Gasteiger partial charge in [-0.05, 0) is 108 Å². The molecular formula is C38H32N4O4. The Morgan fingerprint density at radius 2 is 0.870 bits per heavy atom. The van der Waals surface area contributed by atoms with Crippen molar-refractivity contribution < 1.29 is 19.2 Å². The van der Waals surface area contributed by atoms with Gasteiger partial charge >= 0.3 is 0 Å². The molecule has 1 aliphatic rings. The van der Waals surface area contributed by atoms with Crippen LogP contribution in [0.5, 0.6) is 0 Å². The van der Waals surface area contributed by atoms with E-state index < -0.39 is 0 Å². The fraction of sp³-hybridized carbons (Fsp3) is 0.263. The molecule has 0 spiro atoms. The largest absolute Gasteiger partial charge is 0.240 e. The van der Waals surface area contributed by atoms with E-state index in [-0.39, 0.29) is 17.3 Å². The Bertz CT molecular complexity index is 1720. The smallest absolute Gasteiger partial charge is 0.211 e. The number of carbonyl (C=O) groups excluding carboxylic acids is 4. The molecule has 0 heterocycles. The maximum Gasteiger partial charge on any atom is 0.240 e. The second-order valence-corrected chi connectivity index (χ2v) is 11.9. The van der Waals surface area contributed by atoms with Gasteiger partial charge in [0.25, 0.3) is 0 Å². The molecule has 0 amide bonds. The lowest BCUT2D eigenvalue weighted by Crippen LogP contribution is -2.26. The number of hydrogen-bond acceptors (Lipinski definition) is 8. The Kier molecular flexibility index (Phi) is 10.3. The molecule has 4 aromatic rings. The van der Waals surface area contributed by atoms with E-state index in [2.05, 4.69) is 26.9 Å². The maximum atomic E-state index is 10.9. The quantitative estimate of drug-likeness (QED) is 0.101. The number of aliphatic imine (C=N–C) groups is 4. The molecule has 0 N–H and O–H groups in total. The number of benzene rings is 4. The van der Waals surface area contributed by atoms with Crippen LogP contribution in [0.4, 0.5) is 22.7 Å². The van der Waals surface area contributed by atoms with Crippen LogP contribution in [0, 0.1) is 11.3 Å². The van der Waals surface area contributed by atoms with E-state index in [1.807, 2.05) is 97.1 Å². The number of nitrogens with zero attached hydrogens (tertiary/aromatic N) is 4. The summed E-state index contributed by atoms with van der Waals surface area (Å²) in [5.41, 5.74) is 6.58. The standard InChI is InChI=1S/C38H32N4O4/c1-38(37(30-8-16-34(17-9-30)41-25-45)31-10-18-35(19-11-31)42-26-46)21-2-3-27(20-22-38)36(28-4-12-32(13-5-28)39-23-43)29-6-14-33(15-7-29)40-24-44/h4-19,27,36-37H,2-3,20-22H2,1H3. The molecule has 0 bridgehead atoms. The Labute approximate surface area is 267 Å². The van der Waals surface area contributed by atoms with Gasteiger partial charge in [0.05, 0.1) is 22.7 Å². The van der Waals surface area contributed by atoms with Crippen molar-refractivity contribution >= 4 is 47.1 Å². The summed E-state index contributed by atoms with van der Waals surface area (Å²) in [5, 5.41) is 0. The van der Waals surface area contributed by atoms with Crippen LogP contribution in [0.2, 0.25) is 0 Å². The monoisotopic (exact) mass is 608 g/mol. The zero-order valence-electron chi connectivity index (χ0n) is 25.4. The van der Waals surface area contributed by atoms with Gasteiger partial charge in [0.1, 0.15) is 0 Å². The van der Waals surface area contributed by atoms with E-state index in [9.17, 15) is 19.2 Å². The number of rotatable bonds is 10. The van der Waals surface area contributed by atoms with E-state index in [0.717, 1.165) is 54.4 Å². The third-order valence-corrected chi connectivity index (χ3v) is 9.23. The topological polar surface area (TPSA) is 118 Å². The molecule has 8 nitrogen and oxygen atoms in total. The van der Waals surface area contributed by atoms with Crippen LogP contribution >= 0.6 is 0 Å². The molecule has 4 aromatic carbocycles. The summed E-state index contributed by atoms with van der Waals surface area (Å²) in [5.74, 6) is 0.427. The normalized spacial score (nSPS) is 18.7. The molecule has 1 aliphatic carbocycles. The van der Waals surface area contributed by atoms with Crippen molar-refractivity contribution in [3.63, 3.8) is 0 Å². The third-order valence-electron chi connectivity index (χ3n) is 9.23. The molecule has 1 fully saturated rings. The van der Waals surface area contributed by atoms with Crippen LogP contribution in [0.1, 0.15) is 73.1 Å². The SMILES string of the molecule is CC1(C(c2ccc(N=C=O)cc2)c2ccc(N=C=O)cc2)CCCC(C(c2ccc(N=C=O)cc2)c2ccc(N=C=O)cc2)CC1. The van der Waals surface area contributed by atoms with Crippen molar-refractivity contribution in [1.82, 2.24) is 0 Å². The Hall–Kier alpha value is -5.60. The number of isocyanates is 4. The van der Waals surface area contributed by atoms with Gasteiger partial charge in [0.15, 0.2) is 0 Å². The van der Waals surface area contributed by atoms with Crippen LogP contribution in [0.3, 0.4) is 0 Å².